The van der Waals surface area contributed by atoms with Gasteiger partial charge in [-0.2, -0.15) is 0 Å². The maximum Gasteiger partial charge on any atom is 0.226 e. The lowest BCUT2D eigenvalue weighted by Crippen LogP contribution is -2.30. The van der Waals surface area contributed by atoms with Crippen LogP contribution in [-0.4, -0.2) is 28.4 Å². The van der Waals surface area contributed by atoms with E-state index in [4.69, 9.17) is 5.73 Å². The van der Waals surface area contributed by atoms with E-state index in [1.165, 1.54) is 0 Å². The smallest absolute Gasteiger partial charge is 0.226 e. The zero-order valence-corrected chi connectivity index (χ0v) is 12.3. The lowest BCUT2D eigenvalue weighted by Gasteiger charge is -2.02. The van der Waals surface area contributed by atoms with Gasteiger partial charge in [0.1, 0.15) is 0 Å². The molecule has 0 aliphatic carbocycles. The van der Waals surface area contributed by atoms with Crippen LogP contribution < -0.4 is 11.1 Å². The Labute approximate surface area is 126 Å². The van der Waals surface area contributed by atoms with Crippen molar-refractivity contribution in [2.75, 3.05) is 13.1 Å². The van der Waals surface area contributed by atoms with Gasteiger partial charge >= 0.3 is 0 Å². The molecule has 2 heterocycles. The van der Waals surface area contributed by atoms with E-state index < -0.39 is 0 Å². The molecule has 0 radical (unpaired) electrons. The highest BCUT2D eigenvalue weighted by Gasteiger charge is 2.12. The number of aromatic nitrogens is 2. The van der Waals surface area contributed by atoms with E-state index in [0.717, 1.165) is 21.9 Å². The average molecular weight is 300 g/mol. The van der Waals surface area contributed by atoms with Crippen LogP contribution in [0.25, 0.3) is 16.2 Å². The minimum atomic E-state index is -0.0184. The Kier molecular flexibility index (Phi) is 3.98. The van der Waals surface area contributed by atoms with Gasteiger partial charge in [0.2, 0.25) is 5.91 Å². The van der Waals surface area contributed by atoms with Gasteiger partial charge in [-0.3, -0.25) is 9.20 Å². The summed E-state index contributed by atoms with van der Waals surface area (Å²) in [6, 6.07) is 10.0. The number of carbonyl (C=O) groups excluding carboxylic acids is 1. The van der Waals surface area contributed by atoms with Crippen molar-refractivity contribution in [3.8, 4) is 11.3 Å². The van der Waals surface area contributed by atoms with Gasteiger partial charge in [-0.05, 0) is 0 Å². The number of hydrogen-bond acceptors (Lipinski definition) is 4. The first-order valence-electron chi connectivity index (χ1n) is 6.75. The van der Waals surface area contributed by atoms with Crippen molar-refractivity contribution in [2.24, 2.45) is 5.73 Å². The summed E-state index contributed by atoms with van der Waals surface area (Å²) in [4.78, 5) is 17.3. The van der Waals surface area contributed by atoms with Crippen molar-refractivity contribution in [2.45, 2.75) is 6.42 Å². The van der Waals surface area contributed by atoms with E-state index in [-0.39, 0.29) is 5.91 Å². The summed E-state index contributed by atoms with van der Waals surface area (Å²) in [5, 5.41) is 4.75. The van der Waals surface area contributed by atoms with Gasteiger partial charge in [0.15, 0.2) is 4.96 Å². The second-order valence-electron chi connectivity index (χ2n) is 4.69. The highest BCUT2D eigenvalue weighted by molar-refractivity contribution is 7.15. The lowest BCUT2D eigenvalue weighted by atomic mass is 10.2. The number of amides is 1. The third-order valence-corrected chi connectivity index (χ3v) is 4.05. The summed E-state index contributed by atoms with van der Waals surface area (Å²) in [6.45, 7) is 0.958. The Morgan fingerprint density at radius 1 is 1.33 bits per heavy atom. The van der Waals surface area contributed by atoms with E-state index in [2.05, 4.69) is 10.3 Å². The fourth-order valence-corrected chi connectivity index (χ4v) is 3.02. The van der Waals surface area contributed by atoms with Crippen LogP contribution >= 0.6 is 11.3 Å². The van der Waals surface area contributed by atoms with Crippen molar-refractivity contribution < 1.29 is 4.79 Å². The Morgan fingerprint density at radius 3 is 2.90 bits per heavy atom. The number of benzene rings is 1. The van der Waals surface area contributed by atoms with Gasteiger partial charge in [0.05, 0.1) is 12.1 Å². The number of fused-ring (bicyclic) bond motifs is 1. The van der Waals surface area contributed by atoms with E-state index >= 15 is 0 Å². The Morgan fingerprint density at radius 2 is 2.14 bits per heavy atom. The molecule has 2 aromatic heterocycles. The molecule has 1 amide bonds. The van der Waals surface area contributed by atoms with E-state index in [9.17, 15) is 4.79 Å². The Hall–Kier alpha value is -2.18. The highest BCUT2D eigenvalue weighted by atomic mass is 32.1. The molecule has 6 heteroatoms. The second kappa shape index (κ2) is 6.07. The number of carbonyl (C=O) groups is 1. The lowest BCUT2D eigenvalue weighted by molar-refractivity contribution is -0.120. The first-order chi connectivity index (χ1) is 10.3. The van der Waals surface area contributed by atoms with E-state index in [1.807, 2.05) is 46.3 Å². The van der Waals surface area contributed by atoms with Crippen LogP contribution in [0.2, 0.25) is 0 Å². The van der Waals surface area contributed by atoms with Crippen LogP contribution in [0.15, 0.2) is 41.9 Å². The van der Waals surface area contributed by atoms with Crippen LogP contribution in [0.4, 0.5) is 0 Å². The molecule has 0 bridgehead atoms. The predicted molar refractivity (Wildman–Crippen MR) is 84.3 cm³/mol. The second-order valence-corrected chi connectivity index (χ2v) is 5.52. The number of nitrogens with two attached hydrogens (primary N) is 1. The number of thiazole rings is 1. The number of nitrogens with one attached hydrogen (secondary N) is 1. The molecule has 3 aromatic rings. The van der Waals surface area contributed by atoms with Gasteiger partial charge in [-0.1, -0.05) is 30.3 Å². The SMILES string of the molecule is NCCNC(=O)Cc1csc2nc(-c3ccccc3)cn12. The van der Waals surface area contributed by atoms with Crippen molar-refractivity contribution in [1.82, 2.24) is 14.7 Å². The molecule has 0 saturated heterocycles. The fraction of sp³-hybridized carbons (Fsp3) is 0.200. The van der Waals surface area contributed by atoms with Crippen molar-refractivity contribution in [1.29, 1.82) is 0 Å². The third kappa shape index (κ3) is 2.96. The molecule has 5 nitrogen and oxygen atoms in total. The number of rotatable bonds is 5. The number of hydrogen-bond donors (Lipinski definition) is 2. The van der Waals surface area contributed by atoms with Crippen LogP contribution in [0.3, 0.4) is 0 Å². The van der Waals surface area contributed by atoms with E-state index in [0.29, 0.717) is 19.5 Å². The third-order valence-electron chi connectivity index (χ3n) is 3.16. The molecule has 0 saturated carbocycles. The molecule has 0 aliphatic rings. The van der Waals surface area contributed by atoms with Crippen LogP contribution in [0, 0.1) is 0 Å². The van der Waals surface area contributed by atoms with Gasteiger partial charge < -0.3 is 11.1 Å². The standard InChI is InChI=1S/C15H16N4OS/c16-6-7-17-14(20)8-12-10-21-15-18-13(9-19(12)15)11-4-2-1-3-5-11/h1-5,9-10H,6-8,16H2,(H,17,20). The first-order valence-corrected chi connectivity index (χ1v) is 7.63. The van der Waals surface area contributed by atoms with Crippen molar-refractivity contribution in [3.05, 3.63) is 47.6 Å². The van der Waals surface area contributed by atoms with Crippen LogP contribution in [-0.2, 0) is 11.2 Å². The van der Waals surface area contributed by atoms with Gasteiger partial charge in [0.25, 0.3) is 0 Å². The van der Waals surface area contributed by atoms with E-state index in [1.54, 1.807) is 11.3 Å². The molecule has 21 heavy (non-hydrogen) atoms. The number of imidazole rings is 1. The summed E-state index contributed by atoms with van der Waals surface area (Å²) >= 11 is 1.54. The molecular weight excluding hydrogens is 284 g/mol. The molecular formula is C15H16N4OS. The monoisotopic (exact) mass is 300 g/mol. The minimum absolute atomic E-state index is 0.0184. The largest absolute Gasteiger partial charge is 0.354 e. The maximum atomic E-state index is 11.8. The minimum Gasteiger partial charge on any atom is -0.354 e. The van der Waals surface area contributed by atoms with Crippen LogP contribution in [0.1, 0.15) is 5.69 Å². The first kappa shape index (κ1) is 13.8. The average Bonchev–Trinajstić information content (AvgIpc) is 3.08. The summed E-state index contributed by atoms with van der Waals surface area (Å²) in [7, 11) is 0. The Balaban J connectivity index is 1.85. The molecule has 0 aliphatic heterocycles. The maximum absolute atomic E-state index is 11.8. The summed E-state index contributed by atoms with van der Waals surface area (Å²) < 4.78 is 1.98. The zero-order chi connectivity index (χ0) is 14.7. The quantitative estimate of drug-likeness (QED) is 0.753. The highest BCUT2D eigenvalue weighted by Crippen LogP contribution is 2.23. The molecule has 1 aromatic carbocycles. The molecule has 0 atom stereocenters. The van der Waals surface area contributed by atoms with Crippen molar-refractivity contribution in [3.63, 3.8) is 0 Å². The predicted octanol–water partition coefficient (Wildman–Crippen LogP) is 1.68. The molecule has 0 unspecified atom stereocenters. The van der Waals surface area contributed by atoms with Crippen molar-refractivity contribution >= 4 is 22.2 Å². The molecule has 108 valence electrons. The normalized spacial score (nSPS) is 10.9. The number of nitrogens with zero attached hydrogens (tertiary/aromatic N) is 2. The molecule has 0 fully saturated rings. The molecule has 3 rings (SSSR count). The van der Waals surface area contributed by atoms with Gasteiger partial charge in [-0.25, -0.2) is 4.98 Å². The zero-order valence-electron chi connectivity index (χ0n) is 11.5. The summed E-state index contributed by atoms with van der Waals surface area (Å²) in [6.07, 6.45) is 2.32. The fourth-order valence-electron chi connectivity index (χ4n) is 2.14. The summed E-state index contributed by atoms with van der Waals surface area (Å²) in [5.74, 6) is -0.0184. The molecule has 3 N–H and O–H groups in total. The topological polar surface area (TPSA) is 72.4 Å². The molecule has 0 spiro atoms. The van der Waals surface area contributed by atoms with Gasteiger partial charge in [0, 0.05) is 35.9 Å². The van der Waals surface area contributed by atoms with Gasteiger partial charge in [-0.15, -0.1) is 11.3 Å². The Bertz CT molecular complexity index is 747. The summed E-state index contributed by atoms with van der Waals surface area (Å²) in [5.41, 5.74) is 8.32. The van der Waals surface area contributed by atoms with Crippen LogP contribution in [0.5, 0.6) is 0 Å².